The van der Waals surface area contributed by atoms with Gasteiger partial charge in [0.25, 0.3) is 0 Å². The van der Waals surface area contributed by atoms with Crippen molar-refractivity contribution in [2.24, 2.45) is 11.1 Å². The van der Waals surface area contributed by atoms with Crippen molar-refractivity contribution in [1.82, 2.24) is 9.29 Å². The molecule has 7 heteroatoms. The maximum absolute atomic E-state index is 12.8. The molecule has 0 atom stereocenters. The molecule has 2 N–H and O–H groups in total. The minimum absolute atomic E-state index is 0.000412. The van der Waals surface area contributed by atoms with Gasteiger partial charge < -0.3 is 5.73 Å². The van der Waals surface area contributed by atoms with Crippen LogP contribution in [0.1, 0.15) is 32.4 Å². The monoisotopic (exact) mass is 313 g/mol. The van der Waals surface area contributed by atoms with E-state index in [0.717, 1.165) is 12.8 Å². The average Bonchev–Trinajstić information content (AvgIpc) is 2.37. The van der Waals surface area contributed by atoms with Crippen LogP contribution in [0.4, 0.5) is 0 Å². The molecule has 0 unspecified atom stereocenters. The molecule has 0 spiro atoms. The van der Waals surface area contributed by atoms with Crippen LogP contribution in [0.5, 0.6) is 0 Å². The number of pyridine rings is 1. The summed E-state index contributed by atoms with van der Waals surface area (Å²) < 4.78 is 27.1. The molecule has 1 aliphatic rings. The van der Waals surface area contributed by atoms with E-state index < -0.39 is 10.0 Å². The van der Waals surface area contributed by atoms with Crippen LogP contribution in [0.15, 0.2) is 23.2 Å². The number of aromatic nitrogens is 1. The van der Waals surface area contributed by atoms with Crippen molar-refractivity contribution in [2.45, 2.75) is 31.6 Å². The summed E-state index contributed by atoms with van der Waals surface area (Å²) in [6, 6.07) is 3.10. The number of thiocarbonyl (C=S) groups is 1. The van der Waals surface area contributed by atoms with Crippen LogP contribution >= 0.6 is 12.2 Å². The van der Waals surface area contributed by atoms with Crippen molar-refractivity contribution >= 4 is 27.2 Å². The molecular weight excluding hydrogens is 294 g/mol. The van der Waals surface area contributed by atoms with Gasteiger partial charge in [-0.15, -0.1) is 0 Å². The molecule has 1 aliphatic heterocycles. The quantitative estimate of drug-likeness (QED) is 0.856. The number of hydrogen-bond acceptors (Lipinski definition) is 4. The van der Waals surface area contributed by atoms with Crippen molar-refractivity contribution in [3.63, 3.8) is 0 Å². The summed E-state index contributed by atoms with van der Waals surface area (Å²) in [6.45, 7) is 5.18. The topological polar surface area (TPSA) is 76.3 Å². The summed E-state index contributed by atoms with van der Waals surface area (Å²) in [5.41, 5.74) is 5.74. The van der Waals surface area contributed by atoms with Gasteiger partial charge in [0.05, 0.1) is 0 Å². The summed E-state index contributed by atoms with van der Waals surface area (Å²) >= 11 is 4.90. The van der Waals surface area contributed by atoms with Gasteiger partial charge in [-0.1, -0.05) is 26.1 Å². The highest BCUT2D eigenvalue weighted by Crippen LogP contribution is 2.32. The van der Waals surface area contributed by atoms with Crippen LogP contribution in [0, 0.1) is 5.41 Å². The third-order valence-electron chi connectivity index (χ3n) is 3.49. The lowest BCUT2D eigenvalue weighted by atomic mass is 9.85. The van der Waals surface area contributed by atoms with Gasteiger partial charge in [0.15, 0.2) is 0 Å². The number of nitrogens with zero attached hydrogens (tertiary/aromatic N) is 2. The number of hydrogen-bond donors (Lipinski definition) is 1. The fraction of sp³-hybridized carbons (Fsp3) is 0.538. The number of sulfonamides is 1. The zero-order chi connectivity index (χ0) is 15.0. The van der Waals surface area contributed by atoms with Crippen molar-refractivity contribution < 1.29 is 8.42 Å². The zero-order valence-electron chi connectivity index (χ0n) is 11.7. The van der Waals surface area contributed by atoms with E-state index in [2.05, 4.69) is 18.8 Å². The largest absolute Gasteiger partial charge is 0.388 e. The Balaban J connectivity index is 2.43. The molecule has 110 valence electrons. The summed E-state index contributed by atoms with van der Waals surface area (Å²) in [6.07, 6.45) is 3.37. The van der Waals surface area contributed by atoms with E-state index in [-0.39, 0.29) is 21.0 Å². The van der Waals surface area contributed by atoms with Crippen LogP contribution in [0.2, 0.25) is 0 Å². The lowest BCUT2D eigenvalue weighted by molar-refractivity contribution is 0.187. The Kier molecular flexibility index (Phi) is 4.13. The Morgan fingerprint density at radius 1 is 1.50 bits per heavy atom. The van der Waals surface area contributed by atoms with Gasteiger partial charge >= 0.3 is 0 Å². The first kappa shape index (κ1) is 15.3. The first-order valence-electron chi connectivity index (χ1n) is 6.49. The van der Waals surface area contributed by atoms with E-state index in [1.54, 1.807) is 6.07 Å². The van der Waals surface area contributed by atoms with Gasteiger partial charge in [-0.05, 0) is 30.4 Å². The molecule has 0 radical (unpaired) electrons. The summed E-state index contributed by atoms with van der Waals surface area (Å²) in [5, 5.41) is 0. The highest BCUT2D eigenvalue weighted by Gasteiger charge is 2.35. The average molecular weight is 313 g/mol. The van der Waals surface area contributed by atoms with E-state index in [4.69, 9.17) is 18.0 Å². The van der Waals surface area contributed by atoms with E-state index in [1.807, 2.05) is 0 Å². The van der Waals surface area contributed by atoms with Crippen LogP contribution in [0.3, 0.4) is 0 Å². The Morgan fingerprint density at radius 2 is 2.20 bits per heavy atom. The number of piperidine rings is 1. The molecule has 2 rings (SSSR count). The third kappa shape index (κ3) is 2.99. The molecule has 5 nitrogen and oxygen atoms in total. The van der Waals surface area contributed by atoms with Crippen molar-refractivity contribution in [3.05, 3.63) is 24.0 Å². The minimum atomic E-state index is -3.61. The highest BCUT2D eigenvalue weighted by molar-refractivity contribution is 7.89. The minimum Gasteiger partial charge on any atom is -0.388 e. The molecule has 0 aliphatic carbocycles. The molecule has 1 aromatic rings. The van der Waals surface area contributed by atoms with Gasteiger partial charge in [-0.25, -0.2) is 8.42 Å². The van der Waals surface area contributed by atoms with Crippen LogP contribution in [-0.2, 0) is 10.0 Å². The van der Waals surface area contributed by atoms with Gasteiger partial charge in [0, 0.05) is 19.3 Å². The van der Waals surface area contributed by atoms with Crippen LogP contribution < -0.4 is 5.73 Å². The summed E-state index contributed by atoms with van der Waals surface area (Å²) in [5.74, 6) is 0. The van der Waals surface area contributed by atoms with Crippen molar-refractivity contribution in [3.8, 4) is 0 Å². The third-order valence-corrected chi connectivity index (χ3v) is 5.56. The second-order valence-corrected chi connectivity index (χ2v) is 8.17. The molecule has 20 heavy (non-hydrogen) atoms. The highest BCUT2D eigenvalue weighted by atomic mass is 32.2. The molecule has 1 aromatic heterocycles. The lowest BCUT2D eigenvalue weighted by Crippen LogP contribution is -2.44. The molecule has 2 heterocycles. The Morgan fingerprint density at radius 3 is 2.80 bits per heavy atom. The lowest BCUT2D eigenvalue weighted by Gasteiger charge is -2.37. The Bertz CT molecular complexity index is 626. The smallest absolute Gasteiger partial charge is 0.245 e. The predicted molar refractivity (Wildman–Crippen MR) is 81.9 cm³/mol. The van der Waals surface area contributed by atoms with E-state index in [1.165, 1.54) is 16.6 Å². The molecule has 1 fully saturated rings. The maximum atomic E-state index is 12.8. The van der Waals surface area contributed by atoms with Gasteiger partial charge in [-0.2, -0.15) is 4.31 Å². The van der Waals surface area contributed by atoms with Gasteiger partial charge in [0.1, 0.15) is 15.6 Å². The van der Waals surface area contributed by atoms with E-state index in [9.17, 15) is 8.42 Å². The standard InChI is InChI=1S/C13H19N3O2S2/c1-13(2)6-4-8-16(9-13)20(17,18)10-5-3-7-15-11(10)12(14)19/h3,5,7H,4,6,8-9H2,1-2H3,(H2,14,19). The number of rotatable bonds is 3. The van der Waals surface area contributed by atoms with Crippen LogP contribution in [-0.4, -0.2) is 35.8 Å². The molecular formula is C13H19N3O2S2. The van der Waals surface area contributed by atoms with Crippen molar-refractivity contribution in [1.29, 1.82) is 0 Å². The first-order chi connectivity index (χ1) is 9.24. The predicted octanol–water partition coefficient (Wildman–Crippen LogP) is 1.53. The molecule has 0 bridgehead atoms. The second kappa shape index (κ2) is 5.38. The maximum Gasteiger partial charge on any atom is 0.245 e. The Hall–Kier alpha value is -1.05. The normalized spacial score (nSPS) is 19.7. The zero-order valence-corrected chi connectivity index (χ0v) is 13.3. The first-order valence-corrected chi connectivity index (χ1v) is 8.34. The van der Waals surface area contributed by atoms with E-state index in [0.29, 0.717) is 13.1 Å². The Labute approximate surface area is 125 Å². The SMILES string of the molecule is CC1(C)CCCN(S(=O)(=O)c2cccnc2C(N)=S)C1. The molecule has 0 aromatic carbocycles. The molecule has 0 saturated carbocycles. The fourth-order valence-corrected chi connectivity index (χ4v) is 4.55. The number of nitrogens with two attached hydrogens (primary N) is 1. The summed E-state index contributed by atoms with van der Waals surface area (Å²) in [4.78, 5) is 4.11. The van der Waals surface area contributed by atoms with Gasteiger partial charge in [0.2, 0.25) is 10.0 Å². The van der Waals surface area contributed by atoms with Crippen LogP contribution in [0.25, 0.3) is 0 Å². The fourth-order valence-electron chi connectivity index (χ4n) is 2.50. The molecule has 1 saturated heterocycles. The molecule has 0 amide bonds. The van der Waals surface area contributed by atoms with E-state index >= 15 is 0 Å². The summed E-state index contributed by atoms with van der Waals surface area (Å²) in [7, 11) is -3.61. The van der Waals surface area contributed by atoms with Crippen molar-refractivity contribution in [2.75, 3.05) is 13.1 Å². The second-order valence-electron chi connectivity index (χ2n) is 5.82. The van der Waals surface area contributed by atoms with Gasteiger partial charge in [-0.3, -0.25) is 4.98 Å².